The predicted molar refractivity (Wildman–Crippen MR) is 106 cm³/mol. The van der Waals surface area contributed by atoms with Gasteiger partial charge in [-0.25, -0.2) is 17.9 Å². The molecule has 3 N–H and O–H groups in total. The van der Waals surface area contributed by atoms with E-state index in [1.54, 1.807) is 47.8 Å². The van der Waals surface area contributed by atoms with E-state index in [2.05, 4.69) is 20.6 Å². The highest BCUT2D eigenvalue weighted by molar-refractivity contribution is 7.89. The molecule has 0 saturated heterocycles. The topological polar surface area (TPSA) is 115 Å². The molecule has 0 aliphatic rings. The largest absolute Gasteiger partial charge is 0.365 e. The number of hydrogen-bond donors (Lipinski definition) is 2. The molecule has 0 spiro atoms. The number of benzene rings is 2. The second-order valence-corrected chi connectivity index (χ2v) is 8.05. The minimum atomic E-state index is -3.74. The lowest BCUT2D eigenvalue weighted by atomic mass is 10.1. The maximum Gasteiger partial charge on any atom is 0.238 e. The van der Waals surface area contributed by atoms with Crippen molar-refractivity contribution < 1.29 is 12.8 Å². The van der Waals surface area contributed by atoms with Gasteiger partial charge in [-0.3, -0.25) is 0 Å². The molecule has 0 saturated carbocycles. The Morgan fingerprint density at radius 2 is 1.83 bits per heavy atom. The van der Waals surface area contributed by atoms with Crippen LogP contribution in [0.3, 0.4) is 0 Å². The zero-order valence-electron chi connectivity index (χ0n) is 15.4. The first-order chi connectivity index (χ1) is 13.8. The molecule has 2 aromatic heterocycles. The van der Waals surface area contributed by atoms with Gasteiger partial charge in [-0.2, -0.15) is 4.52 Å². The average molecular weight is 412 g/mol. The highest BCUT2D eigenvalue weighted by Crippen LogP contribution is 2.20. The lowest BCUT2D eigenvalue weighted by molar-refractivity contribution is 0.597. The van der Waals surface area contributed by atoms with Crippen molar-refractivity contribution in [2.75, 3.05) is 5.32 Å². The Balaban J connectivity index is 1.58. The van der Waals surface area contributed by atoms with Crippen molar-refractivity contribution in [3.05, 3.63) is 71.5 Å². The second-order valence-electron chi connectivity index (χ2n) is 6.52. The maximum atomic E-state index is 13.2. The summed E-state index contributed by atoms with van der Waals surface area (Å²) in [4.78, 5) is 0.106. The van der Waals surface area contributed by atoms with Gasteiger partial charge in [0.25, 0.3) is 0 Å². The predicted octanol–water partition coefficient (Wildman–Crippen LogP) is 2.50. The van der Waals surface area contributed by atoms with Gasteiger partial charge >= 0.3 is 0 Å². The maximum absolute atomic E-state index is 13.2. The Kier molecular flexibility index (Phi) is 4.73. The van der Waals surface area contributed by atoms with Gasteiger partial charge in [0.2, 0.25) is 10.0 Å². The van der Waals surface area contributed by atoms with Crippen LogP contribution in [0.5, 0.6) is 0 Å². The van der Waals surface area contributed by atoms with Gasteiger partial charge < -0.3 is 5.32 Å². The number of fused-ring (bicyclic) bond motifs is 1. The average Bonchev–Trinajstić information content (AvgIpc) is 3.09. The number of primary sulfonamides is 1. The number of rotatable bonds is 5. The first-order valence-corrected chi connectivity index (χ1v) is 10.2. The van der Waals surface area contributed by atoms with Crippen LogP contribution in [0.2, 0.25) is 0 Å². The van der Waals surface area contributed by atoms with Gasteiger partial charge in [0, 0.05) is 12.1 Å². The number of hydrogen-bond acceptors (Lipinski definition) is 6. The van der Waals surface area contributed by atoms with Crippen molar-refractivity contribution in [1.29, 1.82) is 0 Å². The van der Waals surface area contributed by atoms with Crippen molar-refractivity contribution in [3.63, 3.8) is 0 Å². The summed E-state index contributed by atoms with van der Waals surface area (Å²) in [5, 5.41) is 21.1. The van der Waals surface area contributed by atoms with Gasteiger partial charge in [-0.1, -0.05) is 12.1 Å². The van der Waals surface area contributed by atoms with E-state index in [0.29, 0.717) is 35.0 Å². The van der Waals surface area contributed by atoms with Crippen LogP contribution in [0, 0.1) is 12.7 Å². The van der Waals surface area contributed by atoms with E-state index in [0.717, 1.165) is 5.56 Å². The minimum absolute atomic E-state index is 0.106. The number of nitrogens with zero attached hydrogens (tertiary/aromatic N) is 4. The van der Waals surface area contributed by atoms with Crippen molar-refractivity contribution in [3.8, 4) is 11.4 Å². The number of aromatic nitrogens is 4. The normalized spacial score (nSPS) is 11.7. The molecule has 0 aliphatic carbocycles. The standard InChI is InChI=1S/C19H17FN6O2S/c1-12-10-13(2-7-16(12)29(21,27)28)11-22-17-8-9-18-23-24-19(26(18)25-17)14-3-5-15(20)6-4-14/h2-10H,11H2,1H3,(H,22,25)(H2,21,27,28). The Morgan fingerprint density at radius 3 is 2.52 bits per heavy atom. The highest BCUT2D eigenvalue weighted by Gasteiger charge is 2.12. The molecule has 4 rings (SSSR count). The molecular weight excluding hydrogens is 395 g/mol. The van der Waals surface area contributed by atoms with Crippen LogP contribution in [0.1, 0.15) is 11.1 Å². The highest BCUT2D eigenvalue weighted by atomic mass is 32.2. The van der Waals surface area contributed by atoms with Crippen LogP contribution in [-0.4, -0.2) is 28.2 Å². The lowest BCUT2D eigenvalue weighted by Crippen LogP contribution is -2.14. The SMILES string of the molecule is Cc1cc(CNc2ccc3nnc(-c4ccc(F)cc4)n3n2)ccc1S(N)(=O)=O. The molecule has 0 radical (unpaired) electrons. The van der Waals surface area contributed by atoms with E-state index in [1.807, 2.05) is 0 Å². The van der Waals surface area contributed by atoms with Gasteiger partial charge in [0.05, 0.1) is 4.90 Å². The first kappa shape index (κ1) is 19.0. The molecule has 8 nitrogen and oxygen atoms in total. The summed E-state index contributed by atoms with van der Waals surface area (Å²) in [7, 11) is -3.74. The number of nitrogens with two attached hydrogens (primary N) is 1. The third-order valence-corrected chi connectivity index (χ3v) is 5.46. The van der Waals surface area contributed by atoms with Gasteiger partial charge in [-0.15, -0.1) is 15.3 Å². The summed E-state index contributed by atoms with van der Waals surface area (Å²) >= 11 is 0. The van der Waals surface area contributed by atoms with E-state index in [-0.39, 0.29) is 10.7 Å². The fourth-order valence-electron chi connectivity index (χ4n) is 3.00. The van der Waals surface area contributed by atoms with E-state index in [9.17, 15) is 12.8 Å². The van der Waals surface area contributed by atoms with Crippen LogP contribution in [0.4, 0.5) is 10.2 Å². The smallest absolute Gasteiger partial charge is 0.238 e. The summed E-state index contributed by atoms with van der Waals surface area (Å²) in [5.41, 5.74) is 2.70. The molecule has 0 bridgehead atoms. The van der Waals surface area contributed by atoms with Crippen molar-refractivity contribution in [2.24, 2.45) is 5.14 Å². The van der Waals surface area contributed by atoms with Crippen LogP contribution in [0.25, 0.3) is 17.0 Å². The van der Waals surface area contributed by atoms with E-state index >= 15 is 0 Å². The third kappa shape index (κ3) is 3.93. The Bertz CT molecular complexity index is 1300. The molecule has 0 amide bonds. The zero-order chi connectivity index (χ0) is 20.6. The first-order valence-electron chi connectivity index (χ1n) is 8.66. The molecule has 2 heterocycles. The molecule has 0 atom stereocenters. The second kappa shape index (κ2) is 7.22. The van der Waals surface area contributed by atoms with E-state index in [1.165, 1.54) is 18.2 Å². The molecule has 4 aromatic rings. The van der Waals surface area contributed by atoms with Crippen LogP contribution in [-0.2, 0) is 16.6 Å². The van der Waals surface area contributed by atoms with Gasteiger partial charge in [0.1, 0.15) is 11.6 Å². The molecule has 10 heteroatoms. The number of nitrogens with one attached hydrogen (secondary N) is 1. The Hall–Kier alpha value is -3.37. The molecule has 0 aliphatic heterocycles. The molecule has 0 fully saturated rings. The number of sulfonamides is 1. The Labute approximate surface area is 166 Å². The van der Waals surface area contributed by atoms with Gasteiger partial charge in [-0.05, 0) is 60.5 Å². The van der Waals surface area contributed by atoms with E-state index in [4.69, 9.17) is 5.14 Å². The Morgan fingerprint density at radius 1 is 1.07 bits per heavy atom. The molecule has 29 heavy (non-hydrogen) atoms. The number of anilines is 1. The monoisotopic (exact) mass is 412 g/mol. The van der Waals surface area contributed by atoms with Crippen molar-refractivity contribution >= 4 is 21.5 Å². The molecule has 0 unspecified atom stereocenters. The van der Waals surface area contributed by atoms with Gasteiger partial charge in [0.15, 0.2) is 11.5 Å². The summed E-state index contributed by atoms with van der Waals surface area (Å²) < 4.78 is 37.8. The van der Waals surface area contributed by atoms with Crippen molar-refractivity contribution in [2.45, 2.75) is 18.4 Å². The fraction of sp³-hybridized carbons (Fsp3) is 0.105. The van der Waals surface area contributed by atoms with Crippen LogP contribution >= 0.6 is 0 Å². The molecular formula is C19H17FN6O2S. The summed E-state index contributed by atoms with van der Waals surface area (Å²) in [6, 6.07) is 14.4. The third-order valence-electron chi connectivity index (χ3n) is 4.38. The lowest BCUT2D eigenvalue weighted by Gasteiger charge is -2.09. The zero-order valence-corrected chi connectivity index (χ0v) is 16.2. The molecule has 148 valence electrons. The van der Waals surface area contributed by atoms with Crippen LogP contribution in [0.15, 0.2) is 59.5 Å². The fourth-order valence-corrected chi connectivity index (χ4v) is 3.76. The molecule has 2 aromatic carbocycles. The summed E-state index contributed by atoms with van der Waals surface area (Å²) in [6.07, 6.45) is 0. The van der Waals surface area contributed by atoms with E-state index < -0.39 is 10.0 Å². The van der Waals surface area contributed by atoms with Crippen LogP contribution < -0.4 is 10.5 Å². The summed E-state index contributed by atoms with van der Waals surface area (Å²) in [6.45, 7) is 2.12. The quantitative estimate of drug-likeness (QED) is 0.520. The van der Waals surface area contributed by atoms with Crippen molar-refractivity contribution in [1.82, 2.24) is 19.8 Å². The summed E-state index contributed by atoms with van der Waals surface area (Å²) in [5.74, 6) is 0.743. The number of aryl methyl sites for hydroxylation is 1. The minimum Gasteiger partial charge on any atom is -0.365 e. The number of halogens is 1.